The number of likely N-dealkylation sites (N-methyl/N-ethyl adjacent to an activating group) is 2. The summed E-state index contributed by atoms with van der Waals surface area (Å²) in [6.07, 6.45) is 1.92. The van der Waals surface area contributed by atoms with Crippen LogP contribution in [0.15, 0.2) is 0 Å². The molecule has 2 rings (SSSR count). The lowest BCUT2D eigenvalue weighted by Gasteiger charge is -2.38. The van der Waals surface area contributed by atoms with E-state index in [0.717, 1.165) is 32.5 Å². The first kappa shape index (κ1) is 17.1. The Labute approximate surface area is 128 Å². The third-order valence-electron chi connectivity index (χ3n) is 4.64. The fourth-order valence-corrected chi connectivity index (χ4v) is 4.41. The maximum absolute atomic E-state index is 12.4. The average molecular weight is 319 g/mol. The highest BCUT2D eigenvalue weighted by Gasteiger charge is 2.30. The van der Waals surface area contributed by atoms with E-state index < -0.39 is 10.2 Å². The van der Waals surface area contributed by atoms with Crippen LogP contribution in [0.4, 0.5) is 0 Å². The van der Waals surface area contributed by atoms with Gasteiger partial charge in [0.1, 0.15) is 0 Å². The van der Waals surface area contributed by atoms with Gasteiger partial charge in [0.2, 0.25) is 0 Å². The Morgan fingerprint density at radius 2 is 1.95 bits per heavy atom. The summed E-state index contributed by atoms with van der Waals surface area (Å²) >= 11 is 0. The summed E-state index contributed by atoms with van der Waals surface area (Å²) in [5.74, 6) is 0.291. The van der Waals surface area contributed by atoms with Gasteiger partial charge in [0.15, 0.2) is 0 Å². The Hall–Kier alpha value is -0.250. The molecule has 3 N–H and O–H groups in total. The molecule has 7 nitrogen and oxygen atoms in total. The lowest BCUT2D eigenvalue weighted by Crippen LogP contribution is -2.56. The highest BCUT2D eigenvalue weighted by molar-refractivity contribution is 7.87. The van der Waals surface area contributed by atoms with Gasteiger partial charge in [-0.05, 0) is 39.4 Å². The largest absolute Gasteiger partial charge is 0.330 e. The molecule has 0 aromatic heterocycles. The van der Waals surface area contributed by atoms with Gasteiger partial charge in [-0.3, -0.25) is 4.90 Å². The summed E-state index contributed by atoms with van der Waals surface area (Å²) in [5.41, 5.74) is 5.68. The zero-order chi connectivity index (χ0) is 15.5. The average Bonchev–Trinajstić information content (AvgIpc) is 2.48. The zero-order valence-corrected chi connectivity index (χ0v) is 14.0. The van der Waals surface area contributed by atoms with Crippen molar-refractivity contribution in [2.75, 3.05) is 59.9 Å². The molecule has 2 unspecified atom stereocenters. The monoisotopic (exact) mass is 319 g/mol. The van der Waals surface area contributed by atoms with E-state index in [9.17, 15) is 8.42 Å². The minimum Gasteiger partial charge on any atom is -0.330 e. The van der Waals surface area contributed by atoms with Gasteiger partial charge in [0.05, 0.1) is 0 Å². The predicted molar refractivity (Wildman–Crippen MR) is 84.2 cm³/mol. The minimum atomic E-state index is -3.38. The maximum Gasteiger partial charge on any atom is 0.279 e. The van der Waals surface area contributed by atoms with Crippen molar-refractivity contribution in [3.63, 3.8) is 0 Å². The summed E-state index contributed by atoms with van der Waals surface area (Å²) in [5, 5.41) is 0. The summed E-state index contributed by atoms with van der Waals surface area (Å²) < 4.78 is 29.2. The summed E-state index contributed by atoms with van der Waals surface area (Å²) in [4.78, 5) is 4.46. The van der Waals surface area contributed by atoms with Crippen LogP contribution in [-0.4, -0.2) is 88.5 Å². The molecular weight excluding hydrogens is 290 g/mol. The van der Waals surface area contributed by atoms with Gasteiger partial charge in [-0.2, -0.15) is 12.7 Å². The second kappa shape index (κ2) is 7.34. The van der Waals surface area contributed by atoms with E-state index in [-0.39, 0.29) is 6.04 Å². The molecule has 0 saturated carbocycles. The molecule has 0 aromatic rings. The third-order valence-corrected chi connectivity index (χ3v) is 6.18. The Kier molecular flexibility index (Phi) is 5.98. The molecule has 8 heteroatoms. The number of nitrogens with zero attached hydrogens (tertiary/aromatic N) is 3. The highest BCUT2D eigenvalue weighted by atomic mass is 32.2. The highest BCUT2D eigenvalue weighted by Crippen LogP contribution is 2.17. The van der Waals surface area contributed by atoms with Crippen LogP contribution in [0.5, 0.6) is 0 Å². The fraction of sp³-hybridized carbons (Fsp3) is 1.00. The van der Waals surface area contributed by atoms with Crippen LogP contribution in [0.1, 0.15) is 12.8 Å². The van der Waals surface area contributed by atoms with Crippen LogP contribution < -0.4 is 10.5 Å². The van der Waals surface area contributed by atoms with E-state index in [1.54, 1.807) is 4.31 Å². The van der Waals surface area contributed by atoms with Crippen LogP contribution in [0.3, 0.4) is 0 Å². The normalized spacial score (nSPS) is 30.6. The number of nitrogens with one attached hydrogen (secondary N) is 1. The van der Waals surface area contributed by atoms with Gasteiger partial charge < -0.3 is 10.6 Å². The van der Waals surface area contributed by atoms with Crippen LogP contribution in [0.2, 0.25) is 0 Å². The smallest absolute Gasteiger partial charge is 0.279 e. The van der Waals surface area contributed by atoms with E-state index in [2.05, 4.69) is 28.6 Å². The van der Waals surface area contributed by atoms with Crippen molar-refractivity contribution in [2.45, 2.75) is 18.9 Å². The molecule has 2 saturated heterocycles. The Balaban J connectivity index is 1.88. The van der Waals surface area contributed by atoms with Crippen LogP contribution in [0, 0.1) is 5.92 Å². The van der Waals surface area contributed by atoms with Crippen LogP contribution in [0.25, 0.3) is 0 Å². The molecular formula is C13H29N5O2S. The predicted octanol–water partition coefficient (Wildman–Crippen LogP) is -1.26. The van der Waals surface area contributed by atoms with Gasteiger partial charge in [-0.25, -0.2) is 4.72 Å². The van der Waals surface area contributed by atoms with Crippen LogP contribution >= 0.6 is 0 Å². The van der Waals surface area contributed by atoms with E-state index >= 15 is 0 Å². The first-order valence-electron chi connectivity index (χ1n) is 7.76. The molecule has 0 aliphatic carbocycles. The maximum atomic E-state index is 12.4. The zero-order valence-electron chi connectivity index (χ0n) is 13.2. The molecule has 2 aliphatic heterocycles. The number of nitrogens with two attached hydrogens (primary N) is 1. The second-order valence-electron chi connectivity index (χ2n) is 6.35. The number of hydrogen-bond donors (Lipinski definition) is 2. The summed E-state index contributed by atoms with van der Waals surface area (Å²) in [7, 11) is 0.743. The summed E-state index contributed by atoms with van der Waals surface area (Å²) in [6, 6.07) is 0.230. The molecule has 0 amide bonds. The van der Waals surface area contributed by atoms with E-state index in [4.69, 9.17) is 5.73 Å². The SMILES string of the molecule is CN1CCN(C)C(CNS(=O)(=O)N2CCCC(CN)C2)C1. The van der Waals surface area contributed by atoms with Gasteiger partial charge in [-0.1, -0.05) is 0 Å². The van der Waals surface area contributed by atoms with Crippen LogP contribution in [-0.2, 0) is 10.2 Å². The van der Waals surface area contributed by atoms with Crippen molar-refractivity contribution >= 4 is 10.2 Å². The van der Waals surface area contributed by atoms with Gasteiger partial charge in [0, 0.05) is 45.3 Å². The number of rotatable bonds is 5. The topological polar surface area (TPSA) is 81.9 Å². The van der Waals surface area contributed by atoms with E-state index in [1.165, 1.54) is 0 Å². The quantitative estimate of drug-likeness (QED) is 0.661. The lowest BCUT2D eigenvalue weighted by atomic mass is 10.0. The van der Waals surface area contributed by atoms with Crippen molar-refractivity contribution < 1.29 is 8.42 Å². The Morgan fingerprint density at radius 1 is 1.19 bits per heavy atom. The fourth-order valence-electron chi connectivity index (χ4n) is 3.05. The molecule has 0 bridgehead atoms. The van der Waals surface area contributed by atoms with Crippen molar-refractivity contribution in [2.24, 2.45) is 11.7 Å². The molecule has 2 heterocycles. The molecule has 0 radical (unpaired) electrons. The van der Waals surface area contributed by atoms with Gasteiger partial charge in [0.25, 0.3) is 10.2 Å². The molecule has 21 heavy (non-hydrogen) atoms. The van der Waals surface area contributed by atoms with Gasteiger partial charge in [-0.15, -0.1) is 0 Å². The Bertz CT molecular complexity index is 430. The van der Waals surface area contributed by atoms with E-state index in [0.29, 0.717) is 32.1 Å². The lowest BCUT2D eigenvalue weighted by molar-refractivity contribution is 0.116. The van der Waals surface area contributed by atoms with Crippen molar-refractivity contribution in [1.82, 2.24) is 18.8 Å². The standard InChI is InChI=1S/C13H29N5O2S/c1-16-6-7-17(2)13(11-16)9-15-21(19,20)18-5-3-4-12(8-14)10-18/h12-13,15H,3-11,14H2,1-2H3. The number of piperidine rings is 1. The number of hydrogen-bond acceptors (Lipinski definition) is 5. The molecule has 124 valence electrons. The second-order valence-corrected chi connectivity index (χ2v) is 8.11. The Morgan fingerprint density at radius 3 is 2.67 bits per heavy atom. The first-order chi connectivity index (χ1) is 9.92. The van der Waals surface area contributed by atoms with Gasteiger partial charge >= 0.3 is 0 Å². The molecule has 2 aliphatic rings. The van der Waals surface area contributed by atoms with Crippen molar-refractivity contribution in [1.29, 1.82) is 0 Å². The number of piperazine rings is 1. The molecule has 2 fully saturated rings. The van der Waals surface area contributed by atoms with Crippen molar-refractivity contribution in [3.8, 4) is 0 Å². The first-order valence-corrected chi connectivity index (χ1v) is 9.20. The third kappa shape index (κ3) is 4.61. The summed E-state index contributed by atoms with van der Waals surface area (Å²) in [6.45, 7) is 5.07. The van der Waals surface area contributed by atoms with Crippen molar-refractivity contribution in [3.05, 3.63) is 0 Å². The molecule has 0 aromatic carbocycles. The molecule has 0 spiro atoms. The molecule has 2 atom stereocenters. The van der Waals surface area contributed by atoms with E-state index in [1.807, 2.05) is 0 Å². The minimum absolute atomic E-state index is 0.230.